The van der Waals surface area contributed by atoms with E-state index in [1.165, 1.54) is 6.07 Å². The molecule has 1 aromatic carbocycles. The molecule has 0 unspecified atom stereocenters. The van der Waals surface area contributed by atoms with Crippen LogP contribution in [0.5, 0.6) is 5.75 Å². The highest BCUT2D eigenvalue weighted by molar-refractivity contribution is 5.68. The van der Waals surface area contributed by atoms with Crippen LogP contribution in [0.15, 0.2) is 36.4 Å². The van der Waals surface area contributed by atoms with Crippen LogP contribution < -0.4 is 15.0 Å². The van der Waals surface area contributed by atoms with Crippen LogP contribution in [0, 0.1) is 10.1 Å². The predicted octanol–water partition coefficient (Wildman–Crippen LogP) is 2.70. The Hall–Kier alpha value is -2.87. The number of nitrogens with zero attached hydrogens (tertiary/aromatic N) is 3. The van der Waals surface area contributed by atoms with Crippen molar-refractivity contribution in [1.82, 2.24) is 4.98 Å². The van der Waals surface area contributed by atoms with Crippen LogP contribution in [0.2, 0.25) is 0 Å². The number of pyridine rings is 1. The first kappa shape index (κ1) is 17.0. The average molecular weight is 344 g/mol. The molecular weight excluding hydrogens is 324 g/mol. The zero-order chi connectivity index (χ0) is 17.8. The van der Waals surface area contributed by atoms with E-state index in [0.717, 1.165) is 0 Å². The summed E-state index contributed by atoms with van der Waals surface area (Å²) in [6.07, 6.45) is 1.05. The Morgan fingerprint density at radius 1 is 1.24 bits per heavy atom. The number of aliphatic hydroxyl groups is 1. The maximum atomic E-state index is 11.3. The normalized spacial score (nSPS) is 15.0. The predicted molar refractivity (Wildman–Crippen MR) is 94.6 cm³/mol. The first-order valence-corrected chi connectivity index (χ1v) is 8.06. The SMILES string of the molecule is COc1ccc(Nc2nc(N3CCC(O)CC3)ccc2[N+](=O)[O-])cc1. The van der Waals surface area contributed by atoms with Crippen molar-refractivity contribution in [2.75, 3.05) is 30.4 Å². The molecule has 1 aliphatic heterocycles. The fraction of sp³-hybridized carbons (Fsp3) is 0.353. The molecule has 1 aromatic heterocycles. The summed E-state index contributed by atoms with van der Waals surface area (Å²) in [4.78, 5) is 17.3. The van der Waals surface area contributed by atoms with Crippen LogP contribution in [0.3, 0.4) is 0 Å². The van der Waals surface area contributed by atoms with Gasteiger partial charge in [-0.2, -0.15) is 0 Å². The second-order valence-corrected chi connectivity index (χ2v) is 5.87. The molecular formula is C17H20N4O4. The van der Waals surface area contributed by atoms with Crippen LogP contribution in [0.4, 0.5) is 23.0 Å². The highest BCUT2D eigenvalue weighted by Gasteiger charge is 2.22. The third kappa shape index (κ3) is 3.97. The molecule has 132 valence electrons. The number of benzene rings is 1. The minimum absolute atomic E-state index is 0.0865. The van der Waals surface area contributed by atoms with Gasteiger partial charge in [0.1, 0.15) is 11.6 Å². The summed E-state index contributed by atoms with van der Waals surface area (Å²) >= 11 is 0. The van der Waals surface area contributed by atoms with Crippen LogP contribution in [0.1, 0.15) is 12.8 Å². The van der Waals surface area contributed by atoms with Gasteiger partial charge in [0, 0.05) is 24.8 Å². The lowest BCUT2D eigenvalue weighted by atomic mass is 10.1. The summed E-state index contributed by atoms with van der Waals surface area (Å²) in [5.41, 5.74) is 0.597. The molecule has 0 saturated carbocycles. The Balaban J connectivity index is 1.86. The van der Waals surface area contributed by atoms with Crippen molar-refractivity contribution in [2.45, 2.75) is 18.9 Å². The Kier molecular flexibility index (Phi) is 4.99. The Labute approximate surface area is 145 Å². The molecule has 0 radical (unpaired) electrons. The lowest BCUT2D eigenvalue weighted by Crippen LogP contribution is -2.36. The number of ether oxygens (including phenoxy) is 1. The molecule has 1 fully saturated rings. The molecule has 0 bridgehead atoms. The van der Waals surface area contributed by atoms with E-state index in [-0.39, 0.29) is 17.6 Å². The average Bonchev–Trinajstić information content (AvgIpc) is 2.63. The second kappa shape index (κ2) is 7.35. The van der Waals surface area contributed by atoms with Crippen molar-refractivity contribution in [3.8, 4) is 5.75 Å². The maximum Gasteiger partial charge on any atom is 0.311 e. The topological polar surface area (TPSA) is 101 Å². The van der Waals surface area contributed by atoms with Gasteiger partial charge < -0.3 is 20.1 Å². The summed E-state index contributed by atoms with van der Waals surface area (Å²) in [6, 6.07) is 10.2. The first-order chi connectivity index (χ1) is 12.1. The second-order valence-electron chi connectivity index (χ2n) is 5.87. The van der Waals surface area contributed by atoms with Gasteiger partial charge in [-0.1, -0.05) is 0 Å². The van der Waals surface area contributed by atoms with Gasteiger partial charge in [0.2, 0.25) is 5.82 Å². The van der Waals surface area contributed by atoms with E-state index in [1.54, 1.807) is 37.4 Å². The van der Waals surface area contributed by atoms with E-state index >= 15 is 0 Å². The quantitative estimate of drug-likeness (QED) is 0.635. The molecule has 1 saturated heterocycles. The third-order valence-corrected chi connectivity index (χ3v) is 4.20. The monoisotopic (exact) mass is 344 g/mol. The standard InChI is InChI=1S/C17H20N4O4/c1-25-14-4-2-12(3-5-14)18-17-15(21(23)24)6-7-16(19-17)20-10-8-13(22)9-11-20/h2-7,13,22H,8-11H2,1H3,(H,18,19). The molecule has 2 N–H and O–H groups in total. The molecule has 3 rings (SSSR count). The van der Waals surface area contributed by atoms with Gasteiger partial charge in [0.15, 0.2) is 0 Å². The Bertz CT molecular complexity index is 743. The van der Waals surface area contributed by atoms with Gasteiger partial charge in [-0.05, 0) is 43.2 Å². The number of hydrogen-bond acceptors (Lipinski definition) is 7. The van der Waals surface area contributed by atoms with Crippen molar-refractivity contribution in [3.05, 3.63) is 46.5 Å². The molecule has 0 spiro atoms. The molecule has 8 heteroatoms. The number of piperidine rings is 1. The zero-order valence-electron chi connectivity index (χ0n) is 13.9. The van der Waals surface area contributed by atoms with Gasteiger partial charge in [-0.3, -0.25) is 10.1 Å². The number of aliphatic hydroxyl groups excluding tert-OH is 1. The van der Waals surface area contributed by atoms with E-state index in [2.05, 4.69) is 10.3 Å². The molecule has 0 atom stereocenters. The van der Waals surface area contributed by atoms with Gasteiger partial charge in [-0.15, -0.1) is 0 Å². The van der Waals surface area contributed by atoms with Crippen molar-refractivity contribution in [2.24, 2.45) is 0 Å². The first-order valence-electron chi connectivity index (χ1n) is 8.06. The van der Waals surface area contributed by atoms with Crippen LogP contribution in [-0.4, -0.2) is 41.3 Å². The molecule has 25 heavy (non-hydrogen) atoms. The number of rotatable bonds is 5. The van der Waals surface area contributed by atoms with E-state index in [1.807, 2.05) is 4.90 Å². The number of aromatic nitrogens is 1. The summed E-state index contributed by atoms with van der Waals surface area (Å²) in [6.45, 7) is 1.35. The van der Waals surface area contributed by atoms with Crippen LogP contribution >= 0.6 is 0 Å². The van der Waals surface area contributed by atoms with Gasteiger partial charge in [0.05, 0.1) is 18.1 Å². The molecule has 0 amide bonds. The van der Waals surface area contributed by atoms with E-state index in [4.69, 9.17) is 4.74 Å². The van der Waals surface area contributed by atoms with Crippen molar-refractivity contribution >= 4 is 23.0 Å². The molecule has 2 heterocycles. The number of nitro groups is 1. The van der Waals surface area contributed by atoms with Crippen molar-refractivity contribution < 1.29 is 14.8 Å². The number of methoxy groups -OCH3 is 1. The number of hydrogen-bond donors (Lipinski definition) is 2. The Morgan fingerprint density at radius 2 is 1.92 bits per heavy atom. The molecule has 8 nitrogen and oxygen atoms in total. The van der Waals surface area contributed by atoms with Gasteiger partial charge in [0.25, 0.3) is 0 Å². The van der Waals surface area contributed by atoms with Gasteiger partial charge >= 0.3 is 5.69 Å². The zero-order valence-corrected chi connectivity index (χ0v) is 13.9. The van der Waals surface area contributed by atoms with Gasteiger partial charge in [-0.25, -0.2) is 4.98 Å². The fourth-order valence-corrected chi connectivity index (χ4v) is 2.76. The lowest BCUT2D eigenvalue weighted by Gasteiger charge is -2.30. The summed E-state index contributed by atoms with van der Waals surface area (Å²) in [7, 11) is 1.58. The molecule has 2 aromatic rings. The van der Waals surface area contributed by atoms with E-state index in [0.29, 0.717) is 43.2 Å². The van der Waals surface area contributed by atoms with Crippen LogP contribution in [0.25, 0.3) is 0 Å². The fourth-order valence-electron chi connectivity index (χ4n) is 2.76. The highest BCUT2D eigenvalue weighted by Crippen LogP contribution is 2.30. The van der Waals surface area contributed by atoms with Crippen LogP contribution in [-0.2, 0) is 0 Å². The third-order valence-electron chi connectivity index (χ3n) is 4.20. The Morgan fingerprint density at radius 3 is 2.52 bits per heavy atom. The minimum Gasteiger partial charge on any atom is -0.497 e. The molecule has 1 aliphatic rings. The summed E-state index contributed by atoms with van der Waals surface area (Å²) < 4.78 is 5.11. The van der Waals surface area contributed by atoms with E-state index < -0.39 is 4.92 Å². The minimum atomic E-state index is -0.456. The van der Waals surface area contributed by atoms with E-state index in [9.17, 15) is 15.2 Å². The largest absolute Gasteiger partial charge is 0.497 e. The number of anilines is 3. The smallest absolute Gasteiger partial charge is 0.311 e. The van der Waals surface area contributed by atoms with Crippen molar-refractivity contribution in [3.63, 3.8) is 0 Å². The maximum absolute atomic E-state index is 11.3. The highest BCUT2D eigenvalue weighted by atomic mass is 16.6. The summed E-state index contributed by atoms with van der Waals surface area (Å²) in [5, 5.41) is 23.9. The number of nitrogens with one attached hydrogen (secondary N) is 1. The molecule has 0 aliphatic carbocycles. The van der Waals surface area contributed by atoms with Crippen molar-refractivity contribution in [1.29, 1.82) is 0 Å². The lowest BCUT2D eigenvalue weighted by molar-refractivity contribution is -0.384. The summed E-state index contributed by atoms with van der Waals surface area (Å²) in [5.74, 6) is 1.56.